The van der Waals surface area contributed by atoms with Crippen LogP contribution in [0, 0.1) is 5.92 Å². The number of carbonyl (C=O) groups is 1. The third-order valence-corrected chi connectivity index (χ3v) is 8.09. The van der Waals surface area contributed by atoms with Crippen molar-refractivity contribution in [3.05, 3.63) is 23.9 Å². The third kappa shape index (κ3) is 4.66. The van der Waals surface area contributed by atoms with E-state index in [2.05, 4.69) is 10.3 Å². The summed E-state index contributed by atoms with van der Waals surface area (Å²) in [5, 5.41) is 3.02. The third-order valence-electron chi connectivity index (χ3n) is 6.05. The first-order valence-corrected chi connectivity index (χ1v) is 12.1. The zero-order chi connectivity index (χ0) is 19.6. The van der Waals surface area contributed by atoms with E-state index in [0.717, 1.165) is 38.5 Å². The molecule has 8 heteroatoms. The molecule has 1 aromatic rings. The highest BCUT2D eigenvalue weighted by atomic mass is 32.2. The molecule has 2 aliphatic carbocycles. The number of piperazine rings is 1. The summed E-state index contributed by atoms with van der Waals surface area (Å²) in [7, 11) is -3.22. The first-order valence-electron chi connectivity index (χ1n) is 10.5. The number of rotatable bonds is 6. The maximum atomic E-state index is 12.8. The zero-order valence-electron chi connectivity index (χ0n) is 16.3. The average Bonchev–Trinajstić information content (AvgIpc) is 3.52. The molecule has 1 aromatic heterocycles. The molecule has 28 heavy (non-hydrogen) atoms. The van der Waals surface area contributed by atoms with E-state index in [9.17, 15) is 13.2 Å². The van der Waals surface area contributed by atoms with Crippen molar-refractivity contribution < 1.29 is 13.2 Å². The van der Waals surface area contributed by atoms with Crippen molar-refractivity contribution in [3.8, 4) is 0 Å². The number of hydrogen-bond donors (Lipinski definition) is 1. The summed E-state index contributed by atoms with van der Waals surface area (Å²) in [6, 6.07) is 3.87. The van der Waals surface area contributed by atoms with Gasteiger partial charge in [-0.2, -0.15) is 4.31 Å². The van der Waals surface area contributed by atoms with Crippen LogP contribution < -0.4 is 10.2 Å². The summed E-state index contributed by atoms with van der Waals surface area (Å²) >= 11 is 0. The molecule has 1 saturated heterocycles. The molecule has 0 bridgehead atoms. The van der Waals surface area contributed by atoms with Gasteiger partial charge in [0.25, 0.3) is 5.91 Å². The molecule has 7 nitrogen and oxygen atoms in total. The number of pyridine rings is 1. The Morgan fingerprint density at radius 1 is 1.07 bits per heavy atom. The Morgan fingerprint density at radius 2 is 1.79 bits per heavy atom. The predicted molar refractivity (Wildman–Crippen MR) is 109 cm³/mol. The highest BCUT2D eigenvalue weighted by molar-refractivity contribution is 7.89. The minimum absolute atomic E-state index is 0.0852. The lowest BCUT2D eigenvalue weighted by Gasteiger charge is -2.36. The van der Waals surface area contributed by atoms with Crippen LogP contribution >= 0.6 is 0 Å². The molecule has 4 rings (SSSR count). The van der Waals surface area contributed by atoms with Crippen molar-refractivity contribution in [3.63, 3.8) is 0 Å². The summed E-state index contributed by atoms with van der Waals surface area (Å²) < 4.78 is 27.3. The maximum absolute atomic E-state index is 12.8. The van der Waals surface area contributed by atoms with Gasteiger partial charge in [0.1, 0.15) is 5.82 Å². The molecule has 3 fully saturated rings. The van der Waals surface area contributed by atoms with Gasteiger partial charge < -0.3 is 10.2 Å². The van der Waals surface area contributed by atoms with Crippen LogP contribution in [0.5, 0.6) is 0 Å². The highest BCUT2D eigenvalue weighted by Gasteiger charge is 2.32. The van der Waals surface area contributed by atoms with Gasteiger partial charge in [0.2, 0.25) is 10.0 Å². The smallest absolute Gasteiger partial charge is 0.255 e. The molecule has 0 aromatic carbocycles. The van der Waals surface area contributed by atoms with E-state index in [-0.39, 0.29) is 11.7 Å². The Hall–Kier alpha value is -1.67. The Kier molecular flexibility index (Phi) is 5.87. The molecule has 1 aliphatic heterocycles. The second kappa shape index (κ2) is 8.37. The number of aromatic nitrogens is 1. The van der Waals surface area contributed by atoms with E-state index in [1.54, 1.807) is 22.6 Å². The lowest BCUT2D eigenvalue weighted by Crippen LogP contribution is -2.50. The van der Waals surface area contributed by atoms with Gasteiger partial charge >= 0.3 is 0 Å². The molecule has 154 valence electrons. The Bertz CT molecular complexity index is 795. The van der Waals surface area contributed by atoms with Crippen molar-refractivity contribution in [2.45, 2.75) is 51.0 Å². The van der Waals surface area contributed by atoms with Crippen LogP contribution in [-0.4, -0.2) is 61.6 Å². The van der Waals surface area contributed by atoms with E-state index in [1.807, 2.05) is 4.90 Å². The van der Waals surface area contributed by atoms with Crippen molar-refractivity contribution in [1.29, 1.82) is 0 Å². The summed E-state index contributed by atoms with van der Waals surface area (Å²) in [5.41, 5.74) is 0.577. The van der Waals surface area contributed by atoms with Crippen molar-refractivity contribution in [2.75, 3.05) is 36.8 Å². The molecule has 0 atom stereocenters. The van der Waals surface area contributed by atoms with E-state index in [4.69, 9.17) is 0 Å². The summed E-state index contributed by atoms with van der Waals surface area (Å²) in [6.07, 6.45) is 9.38. The first kappa shape index (κ1) is 19.6. The number of nitrogens with one attached hydrogen (secondary N) is 1. The van der Waals surface area contributed by atoms with Crippen molar-refractivity contribution in [2.24, 2.45) is 5.92 Å². The number of carbonyl (C=O) groups excluding carboxylic acids is 1. The van der Waals surface area contributed by atoms with Gasteiger partial charge in [-0.3, -0.25) is 4.79 Å². The number of sulfonamides is 1. The standard InChI is InChI=1S/C20H30N4O3S/c25-20(22-17-8-9-17)18-7-4-10-21-19(18)23-11-13-24(14-12-23)28(26,27)15-16-5-2-1-3-6-16/h4,7,10,16-17H,1-3,5-6,8-9,11-15H2,(H,22,25). The number of anilines is 1. The van der Waals surface area contributed by atoms with Crippen molar-refractivity contribution >= 4 is 21.7 Å². The SMILES string of the molecule is O=C(NC1CC1)c1cccnc1N1CCN(S(=O)(=O)CC2CCCCC2)CC1. The predicted octanol–water partition coefficient (Wildman–Crippen LogP) is 2.01. The number of hydrogen-bond acceptors (Lipinski definition) is 5. The molecule has 0 spiro atoms. The first-order chi connectivity index (χ1) is 13.5. The maximum Gasteiger partial charge on any atom is 0.255 e. The van der Waals surface area contributed by atoms with E-state index in [0.29, 0.717) is 49.5 Å². The molecule has 3 aliphatic rings. The lowest BCUT2D eigenvalue weighted by atomic mass is 9.91. The van der Waals surface area contributed by atoms with Gasteiger partial charge in [-0.05, 0) is 43.7 Å². The zero-order valence-corrected chi connectivity index (χ0v) is 17.2. The van der Waals surface area contributed by atoms with E-state index < -0.39 is 10.0 Å². The number of nitrogens with zero attached hydrogens (tertiary/aromatic N) is 3. The molecule has 2 heterocycles. The molecular formula is C20H30N4O3S. The highest BCUT2D eigenvalue weighted by Crippen LogP contribution is 2.27. The van der Waals surface area contributed by atoms with Crippen LogP contribution in [0.4, 0.5) is 5.82 Å². The Labute approximate surface area is 167 Å². The van der Waals surface area contributed by atoms with E-state index >= 15 is 0 Å². The van der Waals surface area contributed by atoms with Gasteiger partial charge in [0.05, 0.1) is 11.3 Å². The summed E-state index contributed by atoms with van der Waals surface area (Å²) in [6.45, 7) is 2.03. The van der Waals surface area contributed by atoms with Crippen LogP contribution in [0.15, 0.2) is 18.3 Å². The van der Waals surface area contributed by atoms with Gasteiger partial charge in [0.15, 0.2) is 0 Å². The molecule has 1 N–H and O–H groups in total. The van der Waals surface area contributed by atoms with Crippen LogP contribution in [0.1, 0.15) is 55.3 Å². The van der Waals surface area contributed by atoms with Gasteiger partial charge in [-0.1, -0.05) is 19.3 Å². The van der Waals surface area contributed by atoms with Crippen molar-refractivity contribution in [1.82, 2.24) is 14.6 Å². The summed E-state index contributed by atoms with van der Waals surface area (Å²) in [5.74, 6) is 1.17. The fourth-order valence-corrected chi connectivity index (χ4v) is 6.11. The fourth-order valence-electron chi connectivity index (χ4n) is 4.25. The quantitative estimate of drug-likeness (QED) is 0.781. The molecule has 0 unspecified atom stereocenters. The lowest BCUT2D eigenvalue weighted by molar-refractivity contribution is 0.0951. The molecular weight excluding hydrogens is 376 g/mol. The Morgan fingerprint density at radius 3 is 2.46 bits per heavy atom. The van der Waals surface area contributed by atoms with Gasteiger partial charge in [-0.15, -0.1) is 0 Å². The van der Waals surface area contributed by atoms with Gasteiger partial charge in [-0.25, -0.2) is 13.4 Å². The van der Waals surface area contributed by atoms with Crippen LogP contribution in [0.2, 0.25) is 0 Å². The van der Waals surface area contributed by atoms with Crippen LogP contribution in [0.25, 0.3) is 0 Å². The van der Waals surface area contributed by atoms with Crippen LogP contribution in [0.3, 0.4) is 0 Å². The topological polar surface area (TPSA) is 82.6 Å². The largest absolute Gasteiger partial charge is 0.353 e. The monoisotopic (exact) mass is 406 g/mol. The minimum Gasteiger partial charge on any atom is -0.353 e. The molecule has 1 amide bonds. The molecule has 2 saturated carbocycles. The normalized spacial score (nSPS) is 22.2. The second-order valence-electron chi connectivity index (χ2n) is 8.29. The second-order valence-corrected chi connectivity index (χ2v) is 10.3. The van der Waals surface area contributed by atoms with E-state index in [1.165, 1.54) is 6.42 Å². The minimum atomic E-state index is -3.22. The Balaban J connectivity index is 1.38. The van der Waals surface area contributed by atoms with Gasteiger partial charge in [0, 0.05) is 38.4 Å². The number of amides is 1. The van der Waals surface area contributed by atoms with Crippen LogP contribution in [-0.2, 0) is 10.0 Å². The average molecular weight is 407 g/mol. The fraction of sp³-hybridized carbons (Fsp3) is 0.700. The molecule has 0 radical (unpaired) electrons. The summed E-state index contributed by atoms with van der Waals surface area (Å²) in [4.78, 5) is 19.0.